The first-order valence-electron chi connectivity index (χ1n) is 5.38. The lowest BCUT2D eigenvalue weighted by molar-refractivity contribution is 0.158. The van der Waals surface area contributed by atoms with Gasteiger partial charge in [0, 0.05) is 29.4 Å². The molecule has 1 aromatic rings. The summed E-state index contributed by atoms with van der Waals surface area (Å²) < 4.78 is 6.59. The third-order valence-electron chi connectivity index (χ3n) is 3.08. The Morgan fingerprint density at radius 1 is 1.69 bits per heavy atom. The fourth-order valence-corrected chi connectivity index (χ4v) is 3.28. The number of ether oxygens (including phenoxy) is 1. The van der Waals surface area contributed by atoms with Crippen molar-refractivity contribution >= 4 is 27.3 Å². The first kappa shape index (κ1) is 12.5. The van der Waals surface area contributed by atoms with Crippen LogP contribution in [-0.2, 0) is 11.3 Å². The molecule has 5 heteroatoms. The SMILES string of the molecule is CC1(CNCc2ccc(Br)s2)COCC1N. The van der Waals surface area contributed by atoms with Crippen LogP contribution in [-0.4, -0.2) is 25.8 Å². The van der Waals surface area contributed by atoms with Crippen molar-refractivity contribution in [1.82, 2.24) is 5.32 Å². The number of thiophene rings is 1. The topological polar surface area (TPSA) is 47.3 Å². The highest BCUT2D eigenvalue weighted by Gasteiger charge is 2.37. The maximum absolute atomic E-state index is 6.03. The Labute approximate surface area is 108 Å². The second kappa shape index (κ2) is 5.14. The summed E-state index contributed by atoms with van der Waals surface area (Å²) in [5, 5.41) is 3.46. The lowest BCUT2D eigenvalue weighted by Gasteiger charge is -2.26. The molecule has 3 N–H and O–H groups in total. The van der Waals surface area contributed by atoms with E-state index in [9.17, 15) is 0 Å². The largest absolute Gasteiger partial charge is 0.379 e. The molecule has 1 fully saturated rings. The highest BCUT2D eigenvalue weighted by molar-refractivity contribution is 9.11. The fraction of sp³-hybridized carbons (Fsp3) is 0.636. The predicted octanol–water partition coefficient (Wildman–Crippen LogP) is 1.96. The van der Waals surface area contributed by atoms with Gasteiger partial charge in [0.2, 0.25) is 0 Å². The Morgan fingerprint density at radius 3 is 3.06 bits per heavy atom. The number of nitrogens with one attached hydrogen (secondary N) is 1. The molecule has 0 amide bonds. The predicted molar refractivity (Wildman–Crippen MR) is 70.6 cm³/mol. The van der Waals surface area contributed by atoms with Crippen LogP contribution in [0.25, 0.3) is 0 Å². The lowest BCUT2D eigenvalue weighted by atomic mass is 9.86. The third kappa shape index (κ3) is 2.84. The van der Waals surface area contributed by atoms with Crippen molar-refractivity contribution < 1.29 is 4.74 Å². The molecule has 1 saturated heterocycles. The van der Waals surface area contributed by atoms with Crippen molar-refractivity contribution in [2.75, 3.05) is 19.8 Å². The number of nitrogens with two attached hydrogens (primary N) is 1. The molecule has 0 spiro atoms. The molecule has 2 atom stereocenters. The third-order valence-corrected chi connectivity index (χ3v) is 4.70. The van der Waals surface area contributed by atoms with E-state index in [1.807, 2.05) is 0 Å². The zero-order valence-corrected chi connectivity index (χ0v) is 11.7. The van der Waals surface area contributed by atoms with Crippen LogP contribution in [0.5, 0.6) is 0 Å². The van der Waals surface area contributed by atoms with Crippen LogP contribution in [0.3, 0.4) is 0 Å². The van der Waals surface area contributed by atoms with Crippen LogP contribution < -0.4 is 11.1 Å². The van der Waals surface area contributed by atoms with Crippen molar-refractivity contribution in [3.8, 4) is 0 Å². The van der Waals surface area contributed by atoms with Crippen LogP contribution in [0.4, 0.5) is 0 Å². The Morgan fingerprint density at radius 2 is 2.50 bits per heavy atom. The molecule has 3 nitrogen and oxygen atoms in total. The van der Waals surface area contributed by atoms with Crippen molar-refractivity contribution in [3.05, 3.63) is 20.8 Å². The standard InChI is InChI=1S/C11H17BrN2OS/c1-11(7-15-5-9(11)13)6-14-4-8-2-3-10(12)16-8/h2-3,9,14H,4-7,13H2,1H3. The summed E-state index contributed by atoms with van der Waals surface area (Å²) in [6.45, 7) is 5.43. The number of rotatable bonds is 4. The molecule has 16 heavy (non-hydrogen) atoms. The quantitative estimate of drug-likeness (QED) is 0.894. The molecule has 1 aromatic heterocycles. The average Bonchev–Trinajstić information content (AvgIpc) is 2.76. The Kier molecular flexibility index (Phi) is 4.02. The molecule has 0 aromatic carbocycles. The maximum atomic E-state index is 6.03. The molecule has 2 heterocycles. The molecule has 1 aliphatic heterocycles. The second-order valence-electron chi connectivity index (χ2n) is 4.59. The van der Waals surface area contributed by atoms with E-state index in [2.05, 4.69) is 40.3 Å². The van der Waals surface area contributed by atoms with Crippen molar-refractivity contribution in [1.29, 1.82) is 0 Å². The normalized spacial score (nSPS) is 29.8. The van der Waals surface area contributed by atoms with E-state index in [-0.39, 0.29) is 11.5 Å². The zero-order chi connectivity index (χ0) is 11.6. The van der Waals surface area contributed by atoms with Gasteiger partial charge in [0.15, 0.2) is 0 Å². The molecular formula is C11H17BrN2OS. The minimum Gasteiger partial charge on any atom is -0.379 e. The fourth-order valence-electron chi connectivity index (χ4n) is 1.83. The maximum Gasteiger partial charge on any atom is 0.0701 e. The molecule has 1 aliphatic rings. The van der Waals surface area contributed by atoms with Crippen LogP contribution in [0.2, 0.25) is 0 Å². The van der Waals surface area contributed by atoms with Gasteiger partial charge in [-0.15, -0.1) is 11.3 Å². The first-order chi connectivity index (χ1) is 7.60. The van der Waals surface area contributed by atoms with Gasteiger partial charge in [0.25, 0.3) is 0 Å². The zero-order valence-electron chi connectivity index (χ0n) is 9.33. The van der Waals surface area contributed by atoms with Gasteiger partial charge in [-0.05, 0) is 28.1 Å². The van der Waals surface area contributed by atoms with Crippen molar-refractivity contribution in [2.45, 2.75) is 19.5 Å². The summed E-state index contributed by atoms with van der Waals surface area (Å²) in [7, 11) is 0. The summed E-state index contributed by atoms with van der Waals surface area (Å²) in [4.78, 5) is 1.34. The summed E-state index contributed by atoms with van der Waals surface area (Å²) in [5.74, 6) is 0. The Balaban J connectivity index is 1.79. The summed E-state index contributed by atoms with van der Waals surface area (Å²) in [6.07, 6.45) is 0. The summed E-state index contributed by atoms with van der Waals surface area (Å²) in [6, 6.07) is 4.36. The minimum atomic E-state index is 0.0779. The molecule has 0 radical (unpaired) electrons. The van der Waals surface area contributed by atoms with E-state index in [1.54, 1.807) is 11.3 Å². The molecule has 0 saturated carbocycles. The first-order valence-corrected chi connectivity index (χ1v) is 6.99. The van der Waals surface area contributed by atoms with E-state index in [4.69, 9.17) is 10.5 Å². The lowest BCUT2D eigenvalue weighted by Crippen LogP contribution is -2.45. The Hall–Kier alpha value is 0.0600. The van der Waals surface area contributed by atoms with E-state index in [1.165, 1.54) is 8.66 Å². The molecule has 2 rings (SSSR count). The molecule has 90 valence electrons. The van der Waals surface area contributed by atoms with Crippen LogP contribution >= 0.6 is 27.3 Å². The smallest absolute Gasteiger partial charge is 0.0701 e. The van der Waals surface area contributed by atoms with E-state index < -0.39 is 0 Å². The molecule has 0 bridgehead atoms. The van der Waals surface area contributed by atoms with Gasteiger partial charge in [-0.25, -0.2) is 0 Å². The number of hydrogen-bond acceptors (Lipinski definition) is 4. The van der Waals surface area contributed by atoms with Gasteiger partial charge in [-0.1, -0.05) is 6.92 Å². The van der Waals surface area contributed by atoms with Gasteiger partial charge in [0.1, 0.15) is 0 Å². The van der Waals surface area contributed by atoms with Gasteiger partial charge >= 0.3 is 0 Å². The number of halogens is 1. The van der Waals surface area contributed by atoms with Crippen LogP contribution in [0.1, 0.15) is 11.8 Å². The van der Waals surface area contributed by atoms with Crippen molar-refractivity contribution in [3.63, 3.8) is 0 Å². The molecular weight excluding hydrogens is 288 g/mol. The van der Waals surface area contributed by atoms with Crippen LogP contribution in [0.15, 0.2) is 15.9 Å². The number of hydrogen-bond donors (Lipinski definition) is 2. The van der Waals surface area contributed by atoms with Gasteiger partial charge in [-0.2, -0.15) is 0 Å². The highest BCUT2D eigenvalue weighted by Crippen LogP contribution is 2.26. The highest BCUT2D eigenvalue weighted by atomic mass is 79.9. The second-order valence-corrected chi connectivity index (χ2v) is 7.13. The molecule has 2 unspecified atom stereocenters. The van der Waals surface area contributed by atoms with Crippen molar-refractivity contribution in [2.24, 2.45) is 11.1 Å². The van der Waals surface area contributed by atoms with Gasteiger partial charge < -0.3 is 15.8 Å². The van der Waals surface area contributed by atoms with Gasteiger partial charge in [0.05, 0.1) is 17.0 Å². The van der Waals surface area contributed by atoms with Gasteiger partial charge in [-0.3, -0.25) is 0 Å². The summed E-state index contributed by atoms with van der Waals surface area (Å²) in [5.41, 5.74) is 6.10. The van der Waals surface area contributed by atoms with E-state index in [0.717, 1.165) is 19.7 Å². The Bertz CT molecular complexity index is 358. The molecule has 0 aliphatic carbocycles. The average molecular weight is 305 g/mol. The van der Waals surface area contributed by atoms with E-state index >= 15 is 0 Å². The monoisotopic (exact) mass is 304 g/mol. The summed E-state index contributed by atoms with van der Waals surface area (Å²) >= 11 is 5.22. The minimum absolute atomic E-state index is 0.0779. The van der Waals surface area contributed by atoms with E-state index in [0.29, 0.717) is 6.61 Å². The van der Waals surface area contributed by atoms with Crippen LogP contribution in [0, 0.1) is 5.41 Å².